The van der Waals surface area contributed by atoms with Crippen molar-refractivity contribution in [1.82, 2.24) is 15.3 Å². The maximum Gasteiger partial charge on any atom is 0.267 e. The quantitative estimate of drug-likeness (QED) is 0.498. The molecule has 3 heterocycles. The molecule has 2 unspecified atom stereocenters. The third-order valence-corrected chi connectivity index (χ3v) is 7.40. The molecule has 8 nitrogen and oxygen atoms in total. The van der Waals surface area contributed by atoms with E-state index in [4.69, 9.17) is 31.5 Å². The third kappa shape index (κ3) is 4.48. The van der Waals surface area contributed by atoms with E-state index in [1.807, 2.05) is 13.0 Å². The Hall–Kier alpha value is -3.72. The summed E-state index contributed by atoms with van der Waals surface area (Å²) in [5, 5.41) is 10.8. The monoisotopic (exact) mass is 524 g/mol. The van der Waals surface area contributed by atoms with Crippen LogP contribution in [0.5, 0.6) is 5.75 Å². The standard InChI is InChI=1S/C27H26ClFN4O4/c1-13-8-15(9-20(36-3)22(13)30)25(34)32-11-18(27(29)5-6-27)19-10-17-14(2)12-37-24(17)23(33-19)16-4-7-31-26(35)21(16)28/h4,7-10,14,18,30H,1,5-6,11-12H2,2-3H3,(H,31,35)(H,32,34). The highest BCUT2D eigenvalue weighted by atomic mass is 35.5. The van der Waals surface area contributed by atoms with Gasteiger partial charge in [-0.15, -0.1) is 0 Å². The molecule has 1 fully saturated rings. The lowest BCUT2D eigenvalue weighted by molar-refractivity contribution is -0.117. The first kappa shape index (κ1) is 25.0. The maximum atomic E-state index is 15.7. The second-order valence-electron chi connectivity index (χ2n) is 9.57. The van der Waals surface area contributed by atoms with E-state index in [-0.39, 0.29) is 34.5 Å². The first-order valence-corrected chi connectivity index (χ1v) is 12.3. The summed E-state index contributed by atoms with van der Waals surface area (Å²) in [7, 11) is 1.42. The number of carbonyl (C=O) groups is 1. The second kappa shape index (κ2) is 9.30. The van der Waals surface area contributed by atoms with Crippen molar-refractivity contribution in [3.8, 4) is 17.0 Å². The molecular formula is C27H26ClFN4O4. The number of fused-ring (bicyclic) bond motifs is 1. The average Bonchev–Trinajstić information content (AvgIpc) is 3.52. The molecule has 0 spiro atoms. The van der Waals surface area contributed by atoms with Crippen LogP contribution in [-0.2, 0) is 9.53 Å². The molecule has 37 heavy (non-hydrogen) atoms. The molecule has 0 aromatic carbocycles. The number of carbonyl (C=O) groups excluding carboxylic acids is 1. The Morgan fingerprint density at radius 3 is 2.92 bits per heavy atom. The Labute approximate surface area is 217 Å². The van der Waals surface area contributed by atoms with Crippen molar-refractivity contribution < 1.29 is 18.7 Å². The number of alkyl halides is 1. The molecule has 0 saturated heterocycles. The van der Waals surface area contributed by atoms with Gasteiger partial charge in [-0.05, 0) is 42.7 Å². The number of nitrogens with one attached hydrogen (secondary N) is 3. The number of methoxy groups -OCH3 is 1. The number of amides is 1. The van der Waals surface area contributed by atoms with Crippen molar-refractivity contribution >= 4 is 23.2 Å². The van der Waals surface area contributed by atoms with Crippen molar-refractivity contribution in [2.45, 2.75) is 37.3 Å². The molecule has 2 aromatic rings. The summed E-state index contributed by atoms with van der Waals surface area (Å²) in [5.74, 6) is -0.376. The van der Waals surface area contributed by atoms with Gasteiger partial charge in [-0.25, -0.2) is 9.37 Å². The Morgan fingerprint density at radius 1 is 1.46 bits per heavy atom. The van der Waals surface area contributed by atoms with E-state index < -0.39 is 23.1 Å². The van der Waals surface area contributed by atoms with Crippen LogP contribution in [0.15, 0.2) is 58.8 Å². The molecule has 2 aliphatic carbocycles. The van der Waals surface area contributed by atoms with Gasteiger partial charge in [-0.1, -0.05) is 25.1 Å². The molecule has 10 heteroatoms. The lowest BCUT2D eigenvalue weighted by Gasteiger charge is -2.23. The molecule has 3 aliphatic rings. The van der Waals surface area contributed by atoms with E-state index in [1.165, 1.54) is 25.5 Å². The van der Waals surface area contributed by atoms with Crippen LogP contribution in [0.1, 0.15) is 42.9 Å². The zero-order valence-electron chi connectivity index (χ0n) is 20.4. The van der Waals surface area contributed by atoms with Crippen LogP contribution >= 0.6 is 11.6 Å². The van der Waals surface area contributed by atoms with Crippen LogP contribution in [0, 0.1) is 5.41 Å². The molecule has 5 rings (SSSR count). The molecule has 2 aromatic heterocycles. The van der Waals surface area contributed by atoms with Crippen molar-refractivity contribution in [2.75, 3.05) is 20.3 Å². The van der Waals surface area contributed by atoms with Gasteiger partial charge in [-0.3, -0.25) is 15.0 Å². The van der Waals surface area contributed by atoms with Crippen molar-refractivity contribution in [3.63, 3.8) is 0 Å². The molecule has 1 amide bonds. The summed E-state index contributed by atoms with van der Waals surface area (Å²) in [6.07, 6.45) is 5.14. The zero-order valence-corrected chi connectivity index (χ0v) is 21.2. The number of allylic oxidation sites excluding steroid dienone is 2. The number of hydrogen-bond acceptors (Lipinski definition) is 6. The fourth-order valence-corrected chi connectivity index (χ4v) is 4.88. The van der Waals surface area contributed by atoms with Gasteiger partial charge in [0.1, 0.15) is 33.6 Å². The summed E-state index contributed by atoms with van der Waals surface area (Å²) in [5.41, 5.74) is 0.821. The van der Waals surface area contributed by atoms with Crippen LogP contribution in [0.25, 0.3) is 11.3 Å². The highest BCUT2D eigenvalue weighted by Gasteiger charge is 2.52. The number of rotatable bonds is 7. The Bertz CT molecular complexity index is 1460. The van der Waals surface area contributed by atoms with Crippen LogP contribution < -0.4 is 15.6 Å². The van der Waals surface area contributed by atoms with Gasteiger partial charge in [0.25, 0.3) is 11.5 Å². The van der Waals surface area contributed by atoms with Gasteiger partial charge in [-0.2, -0.15) is 0 Å². The van der Waals surface area contributed by atoms with Crippen molar-refractivity contribution in [2.24, 2.45) is 0 Å². The Kier molecular flexibility index (Phi) is 6.27. The highest BCUT2D eigenvalue weighted by Crippen LogP contribution is 2.52. The lowest BCUT2D eigenvalue weighted by atomic mass is 9.92. The number of pyridine rings is 2. The summed E-state index contributed by atoms with van der Waals surface area (Å²) >= 11 is 6.32. The summed E-state index contributed by atoms with van der Waals surface area (Å²) in [4.78, 5) is 32.5. The van der Waals surface area contributed by atoms with E-state index in [0.717, 1.165) is 5.56 Å². The van der Waals surface area contributed by atoms with Crippen molar-refractivity contribution in [3.05, 3.63) is 80.6 Å². The van der Waals surface area contributed by atoms with Gasteiger partial charge in [0.15, 0.2) is 0 Å². The molecule has 0 bridgehead atoms. The fourth-order valence-electron chi connectivity index (χ4n) is 4.68. The number of aromatic amines is 1. The van der Waals surface area contributed by atoms with E-state index in [9.17, 15) is 9.59 Å². The van der Waals surface area contributed by atoms with Gasteiger partial charge in [0, 0.05) is 41.1 Å². The number of ether oxygens (including phenoxy) is 2. The van der Waals surface area contributed by atoms with Gasteiger partial charge in [0.05, 0.1) is 19.6 Å². The normalized spacial score (nSPS) is 20.4. The number of aromatic nitrogens is 2. The van der Waals surface area contributed by atoms with Crippen LogP contribution in [0.2, 0.25) is 5.02 Å². The van der Waals surface area contributed by atoms with Gasteiger partial charge in [0.2, 0.25) is 0 Å². The molecular weight excluding hydrogens is 499 g/mol. The minimum Gasteiger partial charge on any atom is -0.494 e. The van der Waals surface area contributed by atoms with Gasteiger partial charge >= 0.3 is 0 Å². The average molecular weight is 525 g/mol. The highest BCUT2D eigenvalue weighted by molar-refractivity contribution is 6.33. The molecule has 3 N–H and O–H groups in total. The Balaban J connectivity index is 1.50. The zero-order chi connectivity index (χ0) is 26.5. The third-order valence-electron chi connectivity index (χ3n) is 7.03. The smallest absolute Gasteiger partial charge is 0.267 e. The summed E-state index contributed by atoms with van der Waals surface area (Å²) < 4.78 is 26.8. The number of H-pyrrole nitrogens is 1. The van der Waals surface area contributed by atoms with E-state index >= 15 is 4.39 Å². The van der Waals surface area contributed by atoms with E-state index in [1.54, 1.807) is 6.07 Å². The largest absolute Gasteiger partial charge is 0.494 e. The topological polar surface area (TPSA) is 117 Å². The van der Waals surface area contributed by atoms with Gasteiger partial charge < -0.3 is 19.8 Å². The predicted molar refractivity (Wildman–Crippen MR) is 138 cm³/mol. The fraction of sp³-hybridized carbons (Fsp3) is 0.333. The molecule has 0 radical (unpaired) electrons. The maximum absolute atomic E-state index is 15.7. The first-order chi connectivity index (χ1) is 17.6. The molecule has 192 valence electrons. The van der Waals surface area contributed by atoms with Crippen LogP contribution in [0.4, 0.5) is 4.39 Å². The Morgan fingerprint density at radius 2 is 2.22 bits per heavy atom. The molecule has 1 saturated carbocycles. The van der Waals surface area contributed by atoms with Crippen LogP contribution in [0.3, 0.4) is 0 Å². The number of hydrogen-bond donors (Lipinski definition) is 3. The van der Waals surface area contributed by atoms with Crippen LogP contribution in [-0.4, -0.2) is 47.5 Å². The summed E-state index contributed by atoms with van der Waals surface area (Å²) in [6, 6.07) is 3.47. The lowest BCUT2D eigenvalue weighted by Crippen LogP contribution is -2.34. The molecule has 1 aliphatic heterocycles. The minimum absolute atomic E-state index is 0.00365. The molecule has 2 atom stereocenters. The van der Waals surface area contributed by atoms with Crippen molar-refractivity contribution in [1.29, 1.82) is 5.41 Å². The SMILES string of the molecule is C=C1C=C(C(=O)NCC(c2cc3c(c(-c4cc[nH]c(=O)c4Cl)n2)OCC3C)C2(F)CC2)C=C(OC)C1=N. The van der Waals surface area contributed by atoms with E-state index in [0.29, 0.717) is 47.7 Å². The second-order valence-corrected chi connectivity index (χ2v) is 9.95. The summed E-state index contributed by atoms with van der Waals surface area (Å²) in [6.45, 7) is 6.21. The first-order valence-electron chi connectivity index (χ1n) is 11.9. The number of halogens is 2. The van der Waals surface area contributed by atoms with E-state index in [2.05, 4.69) is 16.9 Å². The number of nitrogens with zero attached hydrogens (tertiary/aromatic N) is 1. The minimum atomic E-state index is -1.52. The predicted octanol–water partition coefficient (Wildman–Crippen LogP) is 4.33.